The van der Waals surface area contributed by atoms with Gasteiger partial charge in [-0.3, -0.25) is 9.59 Å². The summed E-state index contributed by atoms with van der Waals surface area (Å²) in [5.41, 5.74) is 0.695. The minimum Gasteiger partial charge on any atom is -0.383 e. The maximum Gasteiger partial charge on any atom is 0.268 e. The molecule has 1 fully saturated rings. The van der Waals surface area contributed by atoms with Crippen LogP contribution in [0.5, 0.6) is 0 Å². The number of aromatic nitrogens is 2. The van der Waals surface area contributed by atoms with Gasteiger partial charge in [0, 0.05) is 39.4 Å². The highest BCUT2D eigenvalue weighted by molar-refractivity contribution is 5.77. The summed E-state index contributed by atoms with van der Waals surface area (Å²) in [4.78, 5) is 25.7. The summed E-state index contributed by atoms with van der Waals surface area (Å²) in [6.45, 7) is 2.55. The van der Waals surface area contributed by atoms with E-state index in [9.17, 15) is 9.59 Å². The standard InChI is InChI=1S/C15H24N4O4/c1-22-8-7-19-15(21)9-13(10-16-19)18-5-3-12(4-6-18)17-14(20)11-23-2/h9-10,12H,3-8,11H2,1-2H3,(H,17,20). The summed E-state index contributed by atoms with van der Waals surface area (Å²) in [6.07, 6.45) is 3.38. The van der Waals surface area contributed by atoms with Crippen molar-refractivity contribution in [2.24, 2.45) is 0 Å². The molecular weight excluding hydrogens is 300 g/mol. The summed E-state index contributed by atoms with van der Waals surface area (Å²) in [5, 5.41) is 7.13. The lowest BCUT2D eigenvalue weighted by Crippen LogP contribution is -2.46. The third-order valence-corrected chi connectivity index (χ3v) is 3.86. The number of nitrogens with one attached hydrogen (secondary N) is 1. The highest BCUT2D eigenvalue weighted by Crippen LogP contribution is 2.17. The quantitative estimate of drug-likeness (QED) is 0.736. The lowest BCUT2D eigenvalue weighted by Gasteiger charge is -2.33. The Labute approximate surface area is 135 Å². The molecule has 1 N–H and O–H groups in total. The van der Waals surface area contributed by atoms with Crippen molar-refractivity contribution in [3.05, 3.63) is 22.6 Å². The monoisotopic (exact) mass is 324 g/mol. The van der Waals surface area contributed by atoms with Crippen LogP contribution in [0.15, 0.2) is 17.1 Å². The number of hydrogen-bond donors (Lipinski definition) is 1. The summed E-state index contributed by atoms with van der Waals surface area (Å²) < 4.78 is 11.2. The van der Waals surface area contributed by atoms with Gasteiger partial charge in [0.05, 0.1) is 25.0 Å². The Morgan fingerprint density at radius 1 is 1.35 bits per heavy atom. The molecular formula is C15H24N4O4. The second-order valence-electron chi connectivity index (χ2n) is 5.53. The molecule has 2 rings (SSSR count). The molecule has 23 heavy (non-hydrogen) atoms. The average Bonchev–Trinajstić information content (AvgIpc) is 2.54. The van der Waals surface area contributed by atoms with Crippen molar-refractivity contribution < 1.29 is 14.3 Å². The highest BCUT2D eigenvalue weighted by Gasteiger charge is 2.21. The second kappa shape index (κ2) is 8.64. The Kier molecular flexibility index (Phi) is 6.54. The van der Waals surface area contributed by atoms with Crippen molar-refractivity contribution >= 4 is 11.6 Å². The van der Waals surface area contributed by atoms with E-state index < -0.39 is 0 Å². The molecule has 0 spiro atoms. The summed E-state index contributed by atoms with van der Waals surface area (Å²) in [7, 11) is 3.10. The van der Waals surface area contributed by atoms with Crippen LogP contribution in [0.1, 0.15) is 12.8 Å². The summed E-state index contributed by atoms with van der Waals surface area (Å²) >= 11 is 0. The van der Waals surface area contributed by atoms with E-state index in [1.54, 1.807) is 19.4 Å². The molecule has 1 aromatic heterocycles. The molecule has 8 heteroatoms. The van der Waals surface area contributed by atoms with Gasteiger partial charge in [0.15, 0.2) is 0 Å². The Balaban J connectivity index is 1.88. The van der Waals surface area contributed by atoms with Crippen molar-refractivity contribution in [3.8, 4) is 0 Å². The zero-order valence-corrected chi connectivity index (χ0v) is 13.7. The van der Waals surface area contributed by atoms with Gasteiger partial charge in [0.1, 0.15) is 6.61 Å². The largest absolute Gasteiger partial charge is 0.383 e. The van der Waals surface area contributed by atoms with Crippen molar-refractivity contribution in [1.82, 2.24) is 15.1 Å². The van der Waals surface area contributed by atoms with E-state index in [4.69, 9.17) is 9.47 Å². The van der Waals surface area contributed by atoms with Crippen molar-refractivity contribution in [2.75, 3.05) is 45.4 Å². The van der Waals surface area contributed by atoms with Crippen LogP contribution in [-0.2, 0) is 20.8 Å². The van der Waals surface area contributed by atoms with Gasteiger partial charge in [0.25, 0.3) is 5.56 Å². The Hall–Kier alpha value is -1.93. The van der Waals surface area contributed by atoms with Crippen LogP contribution in [0.25, 0.3) is 0 Å². The first-order valence-electron chi connectivity index (χ1n) is 7.73. The van der Waals surface area contributed by atoms with Crippen molar-refractivity contribution in [3.63, 3.8) is 0 Å². The number of carbonyl (C=O) groups is 1. The van der Waals surface area contributed by atoms with Crippen LogP contribution in [0.2, 0.25) is 0 Å². The predicted molar refractivity (Wildman–Crippen MR) is 85.6 cm³/mol. The first kappa shape index (κ1) is 17.4. The molecule has 1 aliphatic heterocycles. The van der Waals surface area contributed by atoms with Crippen LogP contribution in [0.3, 0.4) is 0 Å². The molecule has 1 saturated heterocycles. The van der Waals surface area contributed by atoms with Crippen molar-refractivity contribution in [2.45, 2.75) is 25.4 Å². The molecule has 0 aliphatic carbocycles. The maximum atomic E-state index is 12.0. The fraction of sp³-hybridized carbons (Fsp3) is 0.667. The first-order valence-corrected chi connectivity index (χ1v) is 7.73. The molecule has 128 valence electrons. The zero-order chi connectivity index (χ0) is 16.7. The molecule has 0 saturated carbocycles. The average molecular weight is 324 g/mol. The summed E-state index contributed by atoms with van der Waals surface area (Å²) in [6, 6.07) is 1.76. The number of anilines is 1. The van der Waals surface area contributed by atoms with Crippen molar-refractivity contribution in [1.29, 1.82) is 0 Å². The van der Waals surface area contributed by atoms with E-state index in [2.05, 4.69) is 15.3 Å². The molecule has 2 heterocycles. The molecule has 1 aliphatic rings. The topological polar surface area (TPSA) is 85.7 Å². The van der Waals surface area contributed by atoms with Gasteiger partial charge in [0.2, 0.25) is 5.91 Å². The fourth-order valence-electron chi connectivity index (χ4n) is 2.63. The number of methoxy groups -OCH3 is 2. The fourth-order valence-corrected chi connectivity index (χ4v) is 2.63. The smallest absolute Gasteiger partial charge is 0.268 e. The number of carbonyl (C=O) groups excluding carboxylic acids is 1. The molecule has 0 radical (unpaired) electrons. The minimum atomic E-state index is -0.130. The van der Waals surface area contributed by atoms with E-state index in [-0.39, 0.29) is 24.1 Å². The number of ether oxygens (including phenoxy) is 2. The SMILES string of the molecule is COCCn1ncc(N2CCC(NC(=O)COC)CC2)cc1=O. The normalized spacial score (nSPS) is 15.7. The molecule has 1 amide bonds. The highest BCUT2D eigenvalue weighted by atomic mass is 16.5. The molecule has 0 bridgehead atoms. The molecule has 1 aromatic rings. The van der Waals surface area contributed by atoms with E-state index in [1.807, 2.05) is 0 Å². The number of rotatable bonds is 7. The molecule has 0 unspecified atom stereocenters. The van der Waals surface area contributed by atoms with Gasteiger partial charge in [-0.1, -0.05) is 0 Å². The van der Waals surface area contributed by atoms with E-state index in [0.717, 1.165) is 31.6 Å². The third kappa shape index (κ3) is 5.04. The van der Waals surface area contributed by atoms with Gasteiger partial charge >= 0.3 is 0 Å². The number of amides is 1. The van der Waals surface area contributed by atoms with Crippen LogP contribution < -0.4 is 15.8 Å². The van der Waals surface area contributed by atoms with Gasteiger partial charge in [-0.05, 0) is 12.8 Å². The number of nitrogens with zero attached hydrogens (tertiary/aromatic N) is 3. The number of piperidine rings is 1. The maximum absolute atomic E-state index is 12.0. The van der Waals surface area contributed by atoms with E-state index in [1.165, 1.54) is 11.8 Å². The third-order valence-electron chi connectivity index (χ3n) is 3.86. The Morgan fingerprint density at radius 2 is 2.09 bits per heavy atom. The lowest BCUT2D eigenvalue weighted by molar-refractivity contribution is -0.125. The second-order valence-corrected chi connectivity index (χ2v) is 5.53. The first-order chi connectivity index (χ1) is 11.1. The van der Waals surface area contributed by atoms with Crippen LogP contribution in [-0.4, -0.2) is 62.3 Å². The van der Waals surface area contributed by atoms with E-state index in [0.29, 0.717) is 13.2 Å². The number of hydrogen-bond acceptors (Lipinski definition) is 6. The zero-order valence-electron chi connectivity index (χ0n) is 13.7. The predicted octanol–water partition coefficient (Wildman–Crippen LogP) is -0.379. The van der Waals surface area contributed by atoms with Gasteiger partial charge in [-0.25, -0.2) is 4.68 Å². The molecule has 8 nitrogen and oxygen atoms in total. The van der Waals surface area contributed by atoms with Crippen LogP contribution in [0, 0.1) is 0 Å². The van der Waals surface area contributed by atoms with Gasteiger partial charge < -0.3 is 19.7 Å². The summed E-state index contributed by atoms with van der Waals surface area (Å²) in [5.74, 6) is -0.0895. The Bertz CT molecular complexity index is 567. The molecule has 0 aromatic carbocycles. The molecule has 0 atom stereocenters. The van der Waals surface area contributed by atoms with Crippen LogP contribution >= 0.6 is 0 Å². The lowest BCUT2D eigenvalue weighted by atomic mass is 10.0. The van der Waals surface area contributed by atoms with Gasteiger partial charge in [-0.15, -0.1) is 0 Å². The minimum absolute atomic E-state index is 0.0871. The van der Waals surface area contributed by atoms with Gasteiger partial charge in [-0.2, -0.15) is 5.10 Å². The Morgan fingerprint density at radius 3 is 2.70 bits per heavy atom. The van der Waals surface area contributed by atoms with E-state index >= 15 is 0 Å². The van der Waals surface area contributed by atoms with Crippen LogP contribution in [0.4, 0.5) is 5.69 Å².